The van der Waals surface area contributed by atoms with E-state index in [0.717, 1.165) is 25.7 Å². The Labute approximate surface area is 169 Å². The fourth-order valence-corrected chi connectivity index (χ4v) is 4.20. The number of hydrogen-bond donors (Lipinski definition) is 0. The minimum absolute atomic E-state index is 0.0645. The van der Waals surface area contributed by atoms with E-state index in [1.807, 2.05) is 0 Å². The summed E-state index contributed by atoms with van der Waals surface area (Å²) in [6.07, 6.45) is 19.2. The highest BCUT2D eigenvalue weighted by Crippen LogP contribution is 2.17. The Bertz CT molecular complexity index is 398. The Balaban J connectivity index is 3.54. The molecule has 0 aromatic rings. The Morgan fingerprint density at radius 1 is 0.630 bits per heavy atom. The third kappa shape index (κ3) is 17.7. The van der Waals surface area contributed by atoms with Gasteiger partial charge in [-0.3, -0.25) is 4.18 Å². The number of unbranched alkanes of at least 4 members (excludes halogenated alkanes) is 15. The maximum absolute atomic E-state index is 13.9. The van der Waals surface area contributed by atoms with E-state index in [0.29, 0.717) is 12.8 Å². The van der Waals surface area contributed by atoms with Crippen molar-refractivity contribution < 1.29 is 17.0 Å². The maximum atomic E-state index is 13.9. The molecule has 3 nitrogen and oxygen atoms in total. The van der Waals surface area contributed by atoms with Crippen molar-refractivity contribution in [3.05, 3.63) is 0 Å². The molecule has 27 heavy (non-hydrogen) atoms. The summed E-state index contributed by atoms with van der Waals surface area (Å²) in [5.41, 5.74) is -1.86. The van der Waals surface area contributed by atoms with Crippen molar-refractivity contribution in [2.75, 3.05) is 6.61 Å². The van der Waals surface area contributed by atoms with E-state index in [4.69, 9.17) is 4.18 Å². The molecule has 0 N–H and O–H groups in total. The first-order valence-corrected chi connectivity index (χ1v) is 13.0. The van der Waals surface area contributed by atoms with Crippen molar-refractivity contribution in [1.82, 2.24) is 0 Å². The van der Waals surface area contributed by atoms with Gasteiger partial charge in [0.25, 0.3) is 10.1 Å². The fraction of sp³-hybridized carbons (Fsp3) is 1.00. The van der Waals surface area contributed by atoms with Gasteiger partial charge >= 0.3 is 0 Å². The van der Waals surface area contributed by atoms with E-state index in [2.05, 4.69) is 13.8 Å². The largest absolute Gasteiger partial charge is 0.299 e. The van der Waals surface area contributed by atoms with Gasteiger partial charge in [0.05, 0.1) is 6.61 Å². The van der Waals surface area contributed by atoms with E-state index >= 15 is 0 Å². The quantitative estimate of drug-likeness (QED) is 0.144. The maximum Gasteiger partial charge on any atom is 0.299 e. The van der Waals surface area contributed by atoms with Crippen LogP contribution in [0.5, 0.6) is 0 Å². The summed E-state index contributed by atoms with van der Waals surface area (Å²) in [5, 5.41) is 0. The van der Waals surface area contributed by atoms with Crippen LogP contribution in [0.4, 0.5) is 4.39 Å². The van der Waals surface area contributed by atoms with Gasteiger partial charge in [0.1, 0.15) is 0 Å². The zero-order valence-electron chi connectivity index (χ0n) is 18.0. The monoisotopic (exact) mass is 408 g/mol. The Hall–Kier alpha value is -0.160. The van der Waals surface area contributed by atoms with Crippen LogP contribution in [0, 0.1) is 0 Å². The average molecular weight is 409 g/mol. The molecule has 0 aliphatic heterocycles. The SMILES string of the molecule is CCCCCCCCCCCOS(=O)(=O)C(F)CCCCCCCCCC. The zero-order chi connectivity index (χ0) is 20.2. The highest BCUT2D eigenvalue weighted by atomic mass is 32.2. The molecule has 1 unspecified atom stereocenters. The molecule has 0 aromatic heterocycles. The molecule has 0 amide bonds. The van der Waals surface area contributed by atoms with Crippen molar-refractivity contribution >= 4 is 10.1 Å². The van der Waals surface area contributed by atoms with E-state index in [9.17, 15) is 12.8 Å². The van der Waals surface area contributed by atoms with Crippen LogP contribution in [0.25, 0.3) is 0 Å². The number of halogens is 1. The molecule has 0 saturated carbocycles. The highest BCUT2D eigenvalue weighted by molar-refractivity contribution is 7.87. The third-order valence-corrected chi connectivity index (χ3v) is 6.45. The van der Waals surface area contributed by atoms with Crippen LogP contribution in [0.1, 0.15) is 129 Å². The fourth-order valence-electron chi connectivity index (χ4n) is 3.24. The summed E-state index contributed by atoms with van der Waals surface area (Å²) in [6, 6.07) is 0. The van der Waals surface area contributed by atoms with Gasteiger partial charge in [-0.1, -0.05) is 110 Å². The second-order valence-corrected chi connectivity index (χ2v) is 9.55. The van der Waals surface area contributed by atoms with Gasteiger partial charge in [0.15, 0.2) is 0 Å². The van der Waals surface area contributed by atoms with Crippen molar-refractivity contribution in [1.29, 1.82) is 0 Å². The Morgan fingerprint density at radius 3 is 1.44 bits per heavy atom. The molecule has 1 atom stereocenters. The minimum Gasteiger partial charge on any atom is -0.268 e. The minimum atomic E-state index is -4.04. The van der Waals surface area contributed by atoms with Crippen LogP contribution in [0.15, 0.2) is 0 Å². The van der Waals surface area contributed by atoms with Gasteiger partial charge in [0.2, 0.25) is 5.50 Å². The summed E-state index contributed by atoms with van der Waals surface area (Å²) in [7, 11) is -4.04. The van der Waals surface area contributed by atoms with Crippen LogP contribution < -0.4 is 0 Å². The molecule has 0 heterocycles. The van der Waals surface area contributed by atoms with Gasteiger partial charge < -0.3 is 0 Å². The van der Waals surface area contributed by atoms with Gasteiger partial charge in [-0.05, 0) is 19.3 Å². The molecular formula is C22H45FO3S. The summed E-state index contributed by atoms with van der Waals surface area (Å²) in [5.74, 6) is 0. The van der Waals surface area contributed by atoms with Gasteiger partial charge in [-0.25, -0.2) is 4.39 Å². The first kappa shape index (κ1) is 26.8. The van der Waals surface area contributed by atoms with Crippen LogP contribution in [0.2, 0.25) is 0 Å². The van der Waals surface area contributed by atoms with Crippen LogP contribution >= 0.6 is 0 Å². The average Bonchev–Trinajstić information content (AvgIpc) is 2.65. The predicted molar refractivity (Wildman–Crippen MR) is 114 cm³/mol. The zero-order valence-corrected chi connectivity index (χ0v) is 18.8. The van der Waals surface area contributed by atoms with E-state index < -0.39 is 15.6 Å². The lowest BCUT2D eigenvalue weighted by molar-refractivity contribution is 0.270. The van der Waals surface area contributed by atoms with Crippen LogP contribution in [0.3, 0.4) is 0 Å². The smallest absolute Gasteiger partial charge is 0.268 e. The van der Waals surface area contributed by atoms with Crippen molar-refractivity contribution in [2.24, 2.45) is 0 Å². The second kappa shape index (κ2) is 19.2. The van der Waals surface area contributed by atoms with E-state index in [1.54, 1.807) is 0 Å². The first-order valence-electron chi connectivity index (χ1n) is 11.6. The van der Waals surface area contributed by atoms with Gasteiger partial charge in [-0.2, -0.15) is 8.42 Å². The molecule has 0 spiro atoms. The standard InChI is InChI=1S/C22H45FO3S/c1-3-5-7-9-11-13-15-17-19-21-26-27(24,25)22(23)20-18-16-14-12-10-8-6-4-2/h22H,3-21H2,1-2H3. The molecule has 0 aliphatic rings. The molecular weight excluding hydrogens is 363 g/mol. The van der Waals surface area contributed by atoms with Crippen molar-refractivity contribution in [3.63, 3.8) is 0 Å². The molecule has 0 aromatic carbocycles. The molecule has 0 bridgehead atoms. The second-order valence-electron chi connectivity index (χ2n) is 7.82. The molecule has 0 rings (SSSR count). The van der Waals surface area contributed by atoms with Gasteiger partial charge in [0, 0.05) is 0 Å². The highest BCUT2D eigenvalue weighted by Gasteiger charge is 2.25. The lowest BCUT2D eigenvalue weighted by atomic mass is 10.1. The molecule has 0 aliphatic carbocycles. The Kier molecular flexibility index (Phi) is 19.1. The summed E-state index contributed by atoms with van der Waals surface area (Å²) < 4.78 is 42.4. The predicted octanol–water partition coefficient (Wildman–Crippen LogP) is 7.69. The number of hydrogen-bond acceptors (Lipinski definition) is 3. The lowest BCUT2D eigenvalue weighted by Crippen LogP contribution is -2.19. The Morgan fingerprint density at radius 2 is 1.00 bits per heavy atom. The van der Waals surface area contributed by atoms with E-state index in [-0.39, 0.29) is 13.0 Å². The lowest BCUT2D eigenvalue weighted by Gasteiger charge is -2.10. The molecule has 5 heteroatoms. The van der Waals surface area contributed by atoms with Crippen molar-refractivity contribution in [3.8, 4) is 0 Å². The normalized spacial score (nSPS) is 13.1. The van der Waals surface area contributed by atoms with Gasteiger partial charge in [-0.15, -0.1) is 0 Å². The third-order valence-electron chi connectivity index (χ3n) is 5.09. The van der Waals surface area contributed by atoms with Crippen LogP contribution in [-0.4, -0.2) is 20.5 Å². The molecule has 164 valence electrons. The molecule has 0 saturated heterocycles. The number of rotatable bonds is 21. The summed E-state index contributed by atoms with van der Waals surface area (Å²) in [4.78, 5) is 0. The van der Waals surface area contributed by atoms with E-state index in [1.165, 1.54) is 70.6 Å². The topological polar surface area (TPSA) is 43.4 Å². The number of alkyl halides is 1. The molecule has 0 radical (unpaired) electrons. The summed E-state index contributed by atoms with van der Waals surface area (Å²) in [6.45, 7) is 4.53. The van der Waals surface area contributed by atoms with Crippen LogP contribution in [-0.2, 0) is 14.3 Å². The van der Waals surface area contributed by atoms with Crippen molar-refractivity contribution in [2.45, 2.75) is 135 Å². The molecule has 0 fully saturated rings. The summed E-state index contributed by atoms with van der Waals surface area (Å²) >= 11 is 0. The first-order chi connectivity index (χ1) is 13.0.